The van der Waals surface area contributed by atoms with Crippen molar-refractivity contribution in [1.82, 2.24) is 10.2 Å². The second-order valence-electron chi connectivity index (χ2n) is 6.20. The van der Waals surface area contributed by atoms with Crippen LogP contribution >= 0.6 is 0 Å². The van der Waals surface area contributed by atoms with E-state index in [1.165, 1.54) is 38.6 Å². The number of benzene rings is 1. The van der Waals surface area contributed by atoms with E-state index >= 15 is 0 Å². The second-order valence-corrected chi connectivity index (χ2v) is 6.20. The van der Waals surface area contributed by atoms with Crippen molar-refractivity contribution in [3.05, 3.63) is 35.4 Å². The van der Waals surface area contributed by atoms with Gasteiger partial charge in [0.25, 0.3) is 0 Å². The quantitative estimate of drug-likeness (QED) is 0.789. The van der Waals surface area contributed by atoms with E-state index in [4.69, 9.17) is 0 Å². The molecule has 2 aliphatic carbocycles. The molecule has 0 heterocycles. The highest BCUT2D eigenvalue weighted by molar-refractivity contribution is 5.32. The van der Waals surface area contributed by atoms with Crippen LogP contribution < -0.4 is 5.32 Å². The van der Waals surface area contributed by atoms with E-state index in [0.717, 1.165) is 25.0 Å². The third kappa shape index (κ3) is 3.37. The topological polar surface area (TPSA) is 15.3 Å². The standard InChI is InChI=1S/C17H26N2/c1-19(16-9-10-16)12-11-18-13-15-7-4-6-14-5-2-3-8-17(14)15/h2-3,5,8,15-16,18H,4,6-7,9-13H2,1H3. The Morgan fingerprint density at radius 3 is 2.89 bits per heavy atom. The maximum atomic E-state index is 3.67. The predicted octanol–water partition coefficient (Wildman–Crippen LogP) is 2.79. The Kier molecular flexibility index (Phi) is 4.19. The van der Waals surface area contributed by atoms with Gasteiger partial charge in [0.2, 0.25) is 0 Å². The van der Waals surface area contributed by atoms with Gasteiger partial charge in [0, 0.05) is 25.7 Å². The van der Waals surface area contributed by atoms with Gasteiger partial charge in [-0.15, -0.1) is 0 Å². The lowest BCUT2D eigenvalue weighted by Crippen LogP contribution is -2.33. The summed E-state index contributed by atoms with van der Waals surface area (Å²) in [5.41, 5.74) is 3.17. The maximum Gasteiger partial charge on any atom is 0.0107 e. The zero-order chi connectivity index (χ0) is 13.1. The van der Waals surface area contributed by atoms with Crippen molar-refractivity contribution >= 4 is 0 Å². The summed E-state index contributed by atoms with van der Waals surface area (Å²) >= 11 is 0. The van der Waals surface area contributed by atoms with Crippen molar-refractivity contribution in [2.45, 2.75) is 44.1 Å². The first-order chi connectivity index (χ1) is 9.34. The zero-order valence-electron chi connectivity index (χ0n) is 12.1. The maximum absolute atomic E-state index is 3.67. The van der Waals surface area contributed by atoms with Crippen LogP contribution in [0.4, 0.5) is 0 Å². The summed E-state index contributed by atoms with van der Waals surface area (Å²) in [5, 5.41) is 3.67. The Hall–Kier alpha value is -0.860. The smallest absolute Gasteiger partial charge is 0.0107 e. The number of aryl methyl sites for hydroxylation is 1. The minimum atomic E-state index is 0.733. The molecule has 1 aromatic rings. The monoisotopic (exact) mass is 258 g/mol. The Morgan fingerprint density at radius 2 is 2.05 bits per heavy atom. The van der Waals surface area contributed by atoms with Crippen molar-refractivity contribution < 1.29 is 0 Å². The molecule has 1 aromatic carbocycles. The molecule has 0 aromatic heterocycles. The van der Waals surface area contributed by atoms with Gasteiger partial charge in [-0.2, -0.15) is 0 Å². The molecular formula is C17H26N2. The molecule has 0 saturated heterocycles. The average molecular weight is 258 g/mol. The highest BCUT2D eigenvalue weighted by Crippen LogP contribution is 2.30. The average Bonchev–Trinajstić information content (AvgIpc) is 3.28. The molecule has 0 radical (unpaired) electrons. The van der Waals surface area contributed by atoms with Crippen molar-refractivity contribution in [3.63, 3.8) is 0 Å². The molecule has 0 amide bonds. The summed E-state index contributed by atoms with van der Waals surface area (Å²) in [6.07, 6.45) is 6.80. The lowest BCUT2D eigenvalue weighted by atomic mass is 9.83. The van der Waals surface area contributed by atoms with Crippen LogP contribution in [0.2, 0.25) is 0 Å². The fraction of sp³-hybridized carbons (Fsp3) is 0.647. The van der Waals surface area contributed by atoms with Gasteiger partial charge in [-0.25, -0.2) is 0 Å². The first kappa shape index (κ1) is 13.1. The van der Waals surface area contributed by atoms with Gasteiger partial charge in [0.1, 0.15) is 0 Å². The van der Waals surface area contributed by atoms with Crippen LogP contribution in [0.3, 0.4) is 0 Å². The summed E-state index contributed by atoms with van der Waals surface area (Å²) in [4.78, 5) is 2.50. The molecule has 1 unspecified atom stereocenters. The number of nitrogens with one attached hydrogen (secondary N) is 1. The Balaban J connectivity index is 1.45. The fourth-order valence-corrected chi connectivity index (χ4v) is 3.30. The van der Waals surface area contributed by atoms with Gasteiger partial charge in [-0.3, -0.25) is 0 Å². The van der Waals surface area contributed by atoms with Crippen molar-refractivity contribution in [2.24, 2.45) is 0 Å². The summed E-state index contributed by atoms with van der Waals surface area (Å²) in [6, 6.07) is 9.90. The molecule has 3 rings (SSSR count). The number of fused-ring (bicyclic) bond motifs is 1. The predicted molar refractivity (Wildman–Crippen MR) is 80.6 cm³/mol. The van der Waals surface area contributed by atoms with Crippen molar-refractivity contribution in [1.29, 1.82) is 0 Å². The second kappa shape index (κ2) is 6.06. The third-order valence-corrected chi connectivity index (χ3v) is 4.70. The van der Waals surface area contributed by atoms with Gasteiger partial charge < -0.3 is 10.2 Å². The Labute approximate surface area is 117 Å². The number of hydrogen-bond acceptors (Lipinski definition) is 2. The van der Waals surface area contributed by atoms with Crippen molar-refractivity contribution in [2.75, 3.05) is 26.7 Å². The number of rotatable bonds is 6. The van der Waals surface area contributed by atoms with Gasteiger partial charge in [-0.1, -0.05) is 24.3 Å². The summed E-state index contributed by atoms with van der Waals surface area (Å²) in [5.74, 6) is 0.733. The first-order valence-electron chi connectivity index (χ1n) is 7.83. The summed E-state index contributed by atoms with van der Waals surface area (Å²) in [6.45, 7) is 3.47. The molecule has 1 saturated carbocycles. The summed E-state index contributed by atoms with van der Waals surface area (Å²) in [7, 11) is 2.26. The minimum Gasteiger partial charge on any atom is -0.315 e. The minimum absolute atomic E-state index is 0.733. The van der Waals surface area contributed by atoms with Crippen LogP contribution in [0, 0.1) is 0 Å². The SMILES string of the molecule is CN(CCNCC1CCCc2ccccc21)C1CC1. The van der Waals surface area contributed by atoms with Gasteiger partial charge in [-0.05, 0) is 56.2 Å². The Bertz CT molecular complexity index is 411. The van der Waals surface area contributed by atoms with Crippen LogP contribution in [-0.4, -0.2) is 37.6 Å². The zero-order valence-corrected chi connectivity index (χ0v) is 12.1. The third-order valence-electron chi connectivity index (χ3n) is 4.70. The van der Waals surface area contributed by atoms with Crippen LogP contribution in [0.15, 0.2) is 24.3 Å². The summed E-state index contributed by atoms with van der Waals surface area (Å²) < 4.78 is 0. The molecule has 0 aliphatic heterocycles. The van der Waals surface area contributed by atoms with Crippen LogP contribution in [0.5, 0.6) is 0 Å². The van der Waals surface area contributed by atoms with E-state index in [-0.39, 0.29) is 0 Å². The fourth-order valence-electron chi connectivity index (χ4n) is 3.30. The largest absolute Gasteiger partial charge is 0.315 e. The first-order valence-corrected chi connectivity index (χ1v) is 7.83. The van der Waals surface area contributed by atoms with E-state index in [9.17, 15) is 0 Å². The molecule has 2 aliphatic rings. The molecule has 2 nitrogen and oxygen atoms in total. The molecular weight excluding hydrogens is 232 g/mol. The van der Waals surface area contributed by atoms with Crippen LogP contribution in [0.25, 0.3) is 0 Å². The normalized spacial score (nSPS) is 22.5. The molecule has 1 N–H and O–H groups in total. The van der Waals surface area contributed by atoms with E-state index < -0.39 is 0 Å². The highest BCUT2D eigenvalue weighted by atomic mass is 15.2. The van der Waals surface area contributed by atoms with E-state index in [2.05, 4.69) is 41.5 Å². The number of hydrogen-bond donors (Lipinski definition) is 1. The van der Waals surface area contributed by atoms with Gasteiger partial charge >= 0.3 is 0 Å². The Morgan fingerprint density at radius 1 is 1.21 bits per heavy atom. The van der Waals surface area contributed by atoms with E-state index in [1.54, 1.807) is 11.1 Å². The molecule has 104 valence electrons. The van der Waals surface area contributed by atoms with Gasteiger partial charge in [0.05, 0.1) is 0 Å². The van der Waals surface area contributed by atoms with Crippen molar-refractivity contribution in [3.8, 4) is 0 Å². The van der Waals surface area contributed by atoms with Crippen LogP contribution in [-0.2, 0) is 6.42 Å². The molecule has 19 heavy (non-hydrogen) atoms. The number of likely N-dealkylation sites (N-methyl/N-ethyl adjacent to an activating group) is 1. The molecule has 0 bridgehead atoms. The van der Waals surface area contributed by atoms with Gasteiger partial charge in [0.15, 0.2) is 0 Å². The molecule has 1 fully saturated rings. The lowest BCUT2D eigenvalue weighted by molar-refractivity contribution is 0.319. The van der Waals surface area contributed by atoms with E-state index in [0.29, 0.717) is 0 Å². The lowest BCUT2D eigenvalue weighted by Gasteiger charge is -2.26. The number of nitrogens with zero attached hydrogens (tertiary/aromatic N) is 1. The molecule has 2 heteroatoms. The van der Waals surface area contributed by atoms with Crippen LogP contribution in [0.1, 0.15) is 42.7 Å². The molecule has 1 atom stereocenters. The highest BCUT2D eigenvalue weighted by Gasteiger charge is 2.25. The van der Waals surface area contributed by atoms with E-state index in [1.807, 2.05) is 0 Å². The molecule has 0 spiro atoms.